The van der Waals surface area contributed by atoms with Crippen LogP contribution in [0, 0.1) is 0 Å². The highest BCUT2D eigenvalue weighted by Gasteiger charge is 2.26. The fourth-order valence-electron chi connectivity index (χ4n) is 2.39. The summed E-state index contributed by atoms with van der Waals surface area (Å²) >= 11 is 0. The molecule has 1 aliphatic carbocycles. The number of ether oxygens (including phenoxy) is 2. The number of amides is 2. The molecule has 2 unspecified atom stereocenters. The van der Waals surface area contributed by atoms with Crippen LogP contribution in [0.5, 0.6) is 0 Å². The van der Waals surface area contributed by atoms with Gasteiger partial charge in [0.05, 0.1) is 0 Å². The van der Waals surface area contributed by atoms with Crippen molar-refractivity contribution in [1.82, 2.24) is 16.2 Å². The Morgan fingerprint density at radius 2 is 1.39 bits per heavy atom. The molecule has 0 aromatic carbocycles. The van der Waals surface area contributed by atoms with Gasteiger partial charge in [-0.2, -0.15) is 0 Å². The van der Waals surface area contributed by atoms with Crippen molar-refractivity contribution in [3.05, 3.63) is 0 Å². The number of nitrogens with one attached hydrogen (secondary N) is 3. The van der Waals surface area contributed by atoms with Gasteiger partial charge in [0.15, 0.2) is 0 Å². The molecule has 0 aromatic rings. The number of carbonyl (C=O) groups excluding carboxylic acids is 2. The molecule has 0 spiro atoms. The SMILES string of the molecule is CC(C)(C)OC(=O)NNC1CCCC(NC(=O)OC(C)(C)C)C1. The normalized spacial score (nSPS) is 22.2. The molecule has 0 saturated heterocycles. The summed E-state index contributed by atoms with van der Waals surface area (Å²) in [4.78, 5) is 23.4. The molecule has 0 radical (unpaired) electrons. The standard InChI is InChI=1S/C16H31N3O4/c1-15(2,3)22-13(20)17-11-8-7-9-12(10-11)18-19-14(21)23-16(4,5)6/h11-12,18H,7-10H2,1-6H3,(H,17,20)(H,19,21). The molecule has 3 N–H and O–H groups in total. The summed E-state index contributed by atoms with van der Waals surface area (Å²) in [7, 11) is 0. The van der Waals surface area contributed by atoms with Crippen LogP contribution in [0.3, 0.4) is 0 Å². The van der Waals surface area contributed by atoms with Crippen LogP contribution in [0.25, 0.3) is 0 Å². The van der Waals surface area contributed by atoms with Gasteiger partial charge in [-0.1, -0.05) is 0 Å². The minimum Gasteiger partial charge on any atom is -0.444 e. The Morgan fingerprint density at radius 1 is 0.870 bits per heavy atom. The molecular weight excluding hydrogens is 298 g/mol. The number of hydrogen-bond donors (Lipinski definition) is 3. The molecule has 1 rings (SSSR count). The van der Waals surface area contributed by atoms with E-state index in [2.05, 4.69) is 16.2 Å². The van der Waals surface area contributed by atoms with Gasteiger partial charge in [0.2, 0.25) is 0 Å². The molecule has 1 aliphatic rings. The van der Waals surface area contributed by atoms with Crippen LogP contribution in [0.15, 0.2) is 0 Å². The van der Waals surface area contributed by atoms with E-state index < -0.39 is 23.4 Å². The third-order valence-corrected chi connectivity index (χ3v) is 3.17. The summed E-state index contributed by atoms with van der Waals surface area (Å²) in [6.45, 7) is 10.9. The Bertz CT molecular complexity index is 413. The molecule has 2 atom stereocenters. The van der Waals surface area contributed by atoms with Crippen molar-refractivity contribution in [3.8, 4) is 0 Å². The zero-order valence-electron chi connectivity index (χ0n) is 15.1. The fraction of sp³-hybridized carbons (Fsp3) is 0.875. The highest BCUT2D eigenvalue weighted by molar-refractivity contribution is 5.68. The Kier molecular flexibility index (Phi) is 6.68. The third-order valence-electron chi connectivity index (χ3n) is 3.17. The third kappa shape index (κ3) is 9.28. The minimum absolute atomic E-state index is 0.0385. The summed E-state index contributed by atoms with van der Waals surface area (Å²) < 4.78 is 10.4. The Labute approximate surface area is 138 Å². The monoisotopic (exact) mass is 329 g/mol. The Hall–Kier alpha value is -1.50. The summed E-state index contributed by atoms with van der Waals surface area (Å²) in [5, 5.41) is 2.89. The lowest BCUT2D eigenvalue weighted by molar-refractivity contribution is 0.0446. The van der Waals surface area contributed by atoms with E-state index in [1.54, 1.807) is 0 Å². The van der Waals surface area contributed by atoms with E-state index in [4.69, 9.17) is 9.47 Å². The Balaban J connectivity index is 2.34. The van der Waals surface area contributed by atoms with E-state index in [0.717, 1.165) is 25.7 Å². The van der Waals surface area contributed by atoms with Crippen LogP contribution >= 0.6 is 0 Å². The van der Waals surface area contributed by atoms with Crippen molar-refractivity contribution in [2.75, 3.05) is 0 Å². The van der Waals surface area contributed by atoms with Crippen LogP contribution in [-0.2, 0) is 9.47 Å². The van der Waals surface area contributed by atoms with Crippen molar-refractivity contribution >= 4 is 12.2 Å². The second kappa shape index (κ2) is 7.86. The van der Waals surface area contributed by atoms with Gasteiger partial charge >= 0.3 is 12.2 Å². The molecular formula is C16H31N3O4. The summed E-state index contributed by atoms with van der Waals surface area (Å²) in [5.74, 6) is 0. The van der Waals surface area contributed by atoms with Crippen molar-refractivity contribution in [3.63, 3.8) is 0 Å². The molecule has 1 saturated carbocycles. The lowest BCUT2D eigenvalue weighted by atomic mass is 9.91. The maximum Gasteiger partial charge on any atom is 0.422 e. The Morgan fingerprint density at radius 3 is 1.96 bits per heavy atom. The number of hydrogen-bond acceptors (Lipinski definition) is 5. The van der Waals surface area contributed by atoms with E-state index in [1.165, 1.54) is 0 Å². The number of carbonyl (C=O) groups is 2. The largest absolute Gasteiger partial charge is 0.444 e. The lowest BCUT2D eigenvalue weighted by Gasteiger charge is -2.31. The predicted octanol–water partition coefficient (Wildman–Crippen LogP) is 2.85. The van der Waals surface area contributed by atoms with Crippen molar-refractivity contribution in [2.45, 2.75) is 90.5 Å². The molecule has 0 heterocycles. The van der Waals surface area contributed by atoms with E-state index in [1.807, 2.05) is 41.5 Å². The van der Waals surface area contributed by atoms with Gasteiger partial charge < -0.3 is 14.8 Å². The number of hydrazine groups is 1. The first kappa shape index (κ1) is 19.5. The molecule has 0 bridgehead atoms. The van der Waals surface area contributed by atoms with Crippen molar-refractivity contribution < 1.29 is 19.1 Å². The zero-order valence-corrected chi connectivity index (χ0v) is 15.1. The van der Waals surface area contributed by atoms with Crippen molar-refractivity contribution in [2.24, 2.45) is 0 Å². The molecule has 0 aliphatic heterocycles. The van der Waals surface area contributed by atoms with Gasteiger partial charge in [-0.3, -0.25) is 5.43 Å². The van der Waals surface area contributed by atoms with Crippen LogP contribution in [-0.4, -0.2) is 35.5 Å². The van der Waals surface area contributed by atoms with Gasteiger partial charge in [0, 0.05) is 12.1 Å². The van der Waals surface area contributed by atoms with Crippen molar-refractivity contribution in [1.29, 1.82) is 0 Å². The van der Waals surface area contributed by atoms with Crippen LogP contribution < -0.4 is 16.2 Å². The van der Waals surface area contributed by atoms with Crippen LogP contribution in [0.2, 0.25) is 0 Å². The number of alkyl carbamates (subject to hydrolysis) is 1. The number of rotatable bonds is 3. The quantitative estimate of drug-likeness (QED) is 0.693. The van der Waals surface area contributed by atoms with E-state index in [9.17, 15) is 9.59 Å². The molecule has 134 valence electrons. The molecule has 7 nitrogen and oxygen atoms in total. The molecule has 2 amide bonds. The van der Waals surface area contributed by atoms with Crippen LogP contribution in [0.1, 0.15) is 67.2 Å². The topological polar surface area (TPSA) is 88.7 Å². The van der Waals surface area contributed by atoms with Gasteiger partial charge in [-0.25, -0.2) is 15.0 Å². The summed E-state index contributed by atoms with van der Waals surface area (Å²) in [6, 6.07) is 0.132. The van der Waals surface area contributed by atoms with E-state index in [-0.39, 0.29) is 12.1 Å². The first-order valence-corrected chi connectivity index (χ1v) is 8.19. The first-order valence-electron chi connectivity index (χ1n) is 8.19. The summed E-state index contributed by atoms with van der Waals surface area (Å²) in [5.41, 5.74) is 4.51. The average Bonchev–Trinajstić information content (AvgIpc) is 2.32. The molecule has 7 heteroatoms. The van der Waals surface area contributed by atoms with E-state index in [0.29, 0.717) is 0 Å². The van der Waals surface area contributed by atoms with E-state index >= 15 is 0 Å². The zero-order chi connectivity index (χ0) is 17.7. The van der Waals surface area contributed by atoms with Gasteiger partial charge in [0.25, 0.3) is 0 Å². The summed E-state index contributed by atoms with van der Waals surface area (Å²) in [6.07, 6.45) is 2.64. The second-order valence-corrected chi connectivity index (χ2v) is 7.98. The lowest BCUT2D eigenvalue weighted by Crippen LogP contribution is -2.51. The predicted molar refractivity (Wildman–Crippen MR) is 87.9 cm³/mol. The smallest absolute Gasteiger partial charge is 0.422 e. The van der Waals surface area contributed by atoms with Gasteiger partial charge in [0.1, 0.15) is 11.2 Å². The molecule has 23 heavy (non-hydrogen) atoms. The first-order chi connectivity index (χ1) is 10.4. The highest BCUT2D eigenvalue weighted by atomic mass is 16.6. The average molecular weight is 329 g/mol. The maximum atomic E-state index is 11.8. The van der Waals surface area contributed by atoms with Crippen LogP contribution in [0.4, 0.5) is 9.59 Å². The molecule has 0 aromatic heterocycles. The molecule has 1 fully saturated rings. The fourth-order valence-corrected chi connectivity index (χ4v) is 2.39. The minimum atomic E-state index is -0.529. The highest BCUT2D eigenvalue weighted by Crippen LogP contribution is 2.19. The maximum absolute atomic E-state index is 11.8. The second-order valence-electron chi connectivity index (χ2n) is 7.98. The van der Waals surface area contributed by atoms with Gasteiger partial charge in [-0.05, 0) is 67.2 Å². The van der Waals surface area contributed by atoms with Gasteiger partial charge in [-0.15, -0.1) is 0 Å².